The third-order valence-corrected chi connectivity index (χ3v) is 16.6. The molecule has 4 aromatic rings. The molecular formula is C52H52N6O5Si. The first-order chi connectivity index (χ1) is 30.7. The minimum atomic E-state index is -2.14. The van der Waals surface area contributed by atoms with Crippen LogP contribution in [0.2, 0.25) is 13.1 Å². The van der Waals surface area contributed by atoms with Crippen molar-refractivity contribution in [2.45, 2.75) is 57.8 Å². The summed E-state index contributed by atoms with van der Waals surface area (Å²) in [5.74, 6) is -0.185. The number of aryl methyl sites for hydroxylation is 1. The van der Waals surface area contributed by atoms with Gasteiger partial charge in [-0.15, -0.1) is 0 Å². The first kappa shape index (κ1) is 42.3. The van der Waals surface area contributed by atoms with E-state index in [9.17, 15) is 14.7 Å². The second-order valence-electron chi connectivity index (χ2n) is 17.8. The highest BCUT2D eigenvalue weighted by Crippen LogP contribution is 2.44. The number of allylic oxidation sites excluding steroid dienone is 5. The van der Waals surface area contributed by atoms with Gasteiger partial charge in [0, 0.05) is 78.8 Å². The third-order valence-electron chi connectivity index (χ3n) is 13.1. The molecule has 12 heteroatoms. The Hall–Kier alpha value is -7.02. The number of nitrogens with zero attached hydrogens (tertiary/aromatic N) is 2. The lowest BCUT2D eigenvalue weighted by Gasteiger charge is -2.38. The highest BCUT2D eigenvalue weighted by atomic mass is 28.3. The van der Waals surface area contributed by atoms with Crippen molar-refractivity contribution >= 4 is 58.8 Å². The highest BCUT2D eigenvalue weighted by molar-refractivity contribution is 6.98. The lowest BCUT2D eigenvalue weighted by atomic mass is 9.87. The van der Waals surface area contributed by atoms with Crippen LogP contribution >= 0.6 is 0 Å². The van der Waals surface area contributed by atoms with Gasteiger partial charge in [-0.3, -0.25) is 9.79 Å². The number of aromatic carboxylic acids is 1. The number of rotatable bonds is 9. The number of hydroxylamine groups is 1. The van der Waals surface area contributed by atoms with Crippen LogP contribution in [0.3, 0.4) is 0 Å². The van der Waals surface area contributed by atoms with Gasteiger partial charge in [-0.2, -0.15) is 5.48 Å². The number of nitrogen functional groups attached to an aromatic ring is 1. The van der Waals surface area contributed by atoms with Gasteiger partial charge in [-0.1, -0.05) is 31.3 Å². The summed E-state index contributed by atoms with van der Waals surface area (Å²) in [4.78, 5) is 38.9. The zero-order valence-corrected chi connectivity index (χ0v) is 37.9. The molecule has 11 nitrogen and oxygen atoms in total. The van der Waals surface area contributed by atoms with E-state index < -0.39 is 14.0 Å². The Morgan fingerprint density at radius 3 is 2.34 bits per heavy atom. The predicted molar refractivity (Wildman–Crippen MR) is 258 cm³/mol. The number of carboxylic acid groups (broad SMARTS) is 1. The molecule has 0 atom stereocenters. The SMILES string of the molecule is CN=c1ccc2c(-c3ccc(ONC4CCC(NC(=O)c5ccc(C6=C7C=CC(=N)C=C7[Si](C)(C)c7cc(N)ccc76)c(C)c5)CC4)cc3C(=O)O)c3ccc(N(C)C)cc3oc-2c1. The summed E-state index contributed by atoms with van der Waals surface area (Å²) in [6, 6.07) is 28.9. The van der Waals surface area contributed by atoms with Gasteiger partial charge >= 0.3 is 5.97 Å². The van der Waals surface area contributed by atoms with Crippen LogP contribution < -0.4 is 36.8 Å². The van der Waals surface area contributed by atoms with Crippen LogP contribution in [0.1, 0.15) is 63.1 Å². The largest absolute Gasteiger partial charge is 0.478 e. The van der Waals surface area contributed by atoms with Crippen molar-refractivity contribution in [3.8, 4) is 28.2 Å². The average molecular weight is 869 g/mol. The minimum absolute atomic E-state index is 0.00440. The van der Waals surface area contributed by atoms with Crippen LogP contribution in [-0.4, -0.2) is 64.0 Å². The number of amides is 1. The fourth-order valence-electron chi connectivity index (χ4n) is 9.57. The van der Waals surface area contributed by atoms with Crippen molar-refractivity contribution in [3.05, 3.63) is 153 Å². The van der Waals surface area contributed by atoms with Gasteiger partial charge in [0.1, 0.15) is 25.2 Å². The monoisotopic (exact) mass is 868 g/mol. The third kappa shape index (κ3) is 7.73. The van der Waals surface area contributed by atoms with Crippen LogP contribution in [0.15, 0.2) is 129 Å². The quantitative estimate of drug-likeness (QED) is 0.0416. The Morgan fingerprint density at radius 2 is 1.61 bits per heavy atom. The summed E-state index contributed by atoms with van der Waals surface area (Å²) in [6.07, 6.45) is 9.00. The van der Waals surface area contributed by atoms with Crippen molar-refractivity contribution in [1.82, 2.24) is 10.8 Å². The van der Waals surface area contributed by atoms with Crippen molar-refractivity contribution in [2.24, 2.45) is 4.99 Å². The Labute approximate surface area is 373 Å². The van der Waals surface area contributed by atoms with Gasteiger partial charge in [0.05, 0.1) is 16.6 Å². The number of hydrogen-bond donors (Lipinski definition) is 5. The second-order valence-corrected chi connectivity index (χ2v) is 22.1. The van der Waals surface area contributed by atoms with Crippen LogP contribution in [0.4, 0.5) is 11.4 Å². The van der Waals surface area contributed by atoms with Crippen LogP contribution in [-0.2, 0) is 0 Å². The Morgan fingerprint density at radius 1 is 0.875 bits per heavy atom. The summed E-state index contributed by atoms with van der Waals surface area (Å²) in [6.45, 7) is 6.69. The lowest BCUT2D eigenvalue weighted by molar-refractivity contribution is 0.0695. The van der Waals surface area contributed by atoms with Gasteiger partial charge in [0.15, 0.2) is 0 Å². The smallest absolute Gasteiger partial charge is 0.336 e. The fourth-order valence-corrected chi connectivity index (χ4v) is 12.7. The van der Waals surface area contributed by atoms with Gasteiger partial charge in [-0.05, 0) is 155 Å². The molecule has 0 aromatic heterocycles. The number of benzene rings is 5. The van der Waals surface area contributed by atoms with Crippen molar-refractivity contribution < 1.29 is 24.0 Å². The summed E-state index contributed by atoms with van der Waals surface area (Å²) in [5, 5.41) is 26.2. The van der Waals surface area contributed by atoms with Crippen LogP contribution in [0.25, 0.3) is 39.0 Å². The second kappa shape index (κ2) is 16.6. The Balaban J connectivity index is 0.880. The predicted octanol–water partition coefficient (Wildman–Crippen LogP) is 8.80. The topological polar surface area (TPSA) is 166 Å². The van der Waals surface area contributed by atoms with Crippen LogP contribution in [0, 0.1) is 12.3 Å². The summed E-state index contributed by atoms with van der Waals surface area (Å²) in [5.41, 5.74) is 20.6. The summed E-state index contributed by atoms with van der Waals surface area (Å²) in [7, 11) is 3.51. The normalized spacial score (nSPS) is 18.1. The minimum Gasteiger partial charge on any atom is -0.478 e. The van der Waals surface area contributed by atoms with E-state index in [1.807, 2.05) is 85.7 Å². The van der Waals surface area contributed by atoms with E-state index in [2.05, 4.69) is 60.1 Å². The molecule has 6 N–H and O–H groups in total. The number of carboxylic acids is 1. The number of fused-ring (bicyclic) bond motifs is 4. The maximum Gasteiger partial charge on any atom is 0.336 e. The first-order valence-corrected chi connectivity index (χ1v) is 24.7. The molecule has 3 aliphatic carbocycles. The number of carbonyl (C=O) groups excluding carboxylic acids is 1. The molecule has 1 fully saturated rings. The van der Waals surface area contributed by atoms with Crippen LogP contribution in [0.5, 0.6) is 5.75 Å². The van der Waals surface area contributed by atoms with E-state index in [0.717, 1.165) is 86.8 Å². The van der Waals surface area contributed by atoms with Gasteiger partial charge in [-0.25, -0.2) is 4.79 Å². The molecule has 1 amide bonds. The van der Waals surface area contributed by atoms with E-state index in [1.165, 1.54) is 10.4 Å². The van der Waals surface area contributed by atoms with E-state index in [-0.39, 0.29) is 23.6 Å². The lowest BCUT2D eigenvalue weighted by Crippen LogP contribution is -2.49. The first-order valence-electron chi connectivity index (χ1n) is 21.7. The maximum atomic E-state index is 13.7. The Kier molecular flexibility index (Phi) is 11.0. The molecule has 0 saturated heterocycles. The van der Waals surface area contributed by atoms with Crippen molar-refractivity contribution in [3.63, 3.8) is 0 Å². The fraction of sp³-hybridized carbons (Fsp3) is 0.231. The van der Waals surface area contributed by atoms with E-state index >= 15 is 0 Å². The molecular weight excluding hydrogens is 817 g/mol. The summed E-state index contributed by atoms with van der Waals surface area (Å²) < 4.78 is 6.38. The van der Waals surface area contributed by atoms with Gasteiger partial charge < -0.3 is 35.7 Å². The number of nitrogens with one attached hydrogen (secondary N) is 3. The molecule has 324 valence electrons. The van der Waals surface area contributed by atoms with Crippen molar-refractivity contribution in [1.29, 1.82) is 5.41 Å². The van der Waals surface area contributed by atoms with E-state index in [1.54, 1.807) is 25.2 Å². The van der Waals surface area contributed by atoms with E-state index in [4.69, 9.17) is 20.4 Å². The Bertz CT molecular complexity index is 3060. The van der Waals surface area contributed by atoms with Crippen molar-refractivity contribution in [2.75, 3.05) is 31.8 Å². The van der Waals surface area contributed by atoms with E-state index in [0.29, 0.717) is 33.9 Å². The molecule has 2 heterocycles. The van der Waals surface area contributed by atoms with Gasteiger partial charge in [0.2, 0.25) is 0 Å². The molecule has 1 saturated carbocycles. The molecule has 9 rings (SSSR count). The number of carbonyl (C=O) groups is 2. The standard InChI is InChI=1S/C52H52N6O5Si/c1-29-23-30(7-17-38(29)49-42-18-8-31(53)24-47(42)64(5,6)48-25-32(54)9-19-43(48)49)51(59)56-33-10-12-34(13-11-33)57-63-37-16-22-39(44(28-37)52(60)61)50-40-20-14-35(55-2)26-45(40)62-46-27-36(58(3)4)15-21-41(46)50/h7-9,14-28,33-34,53,57H,10-13,54H2,1-6H3,(H,56,59)(H,60,61). The molecule has 2 aliphatic heterocycles. The zero-order chi connectivity index (χ0) is 45.0. The van der Waals surface area contributed by atoms with Gasteiger partial charge in [0.25, 0.3) is 5.91 Å². The number of hydrogen-bond acceptors (Lipinski definition) is 9. The highest BCUT2D eigenvalue weighted by Gasteiger charge is 2.40. The number of nitrogens with two attached hydrogens (primary N) is 1. The number of anilines is 2. The molecule has 5 aliphatic rings. The zero-order valence-electron chi connectivity index (χ0n) is 36.9. The molecule has 4 aromatic carbocycles. The average Bonchev–Trinajstić information content (AvgIpc) is 3.28. The molecule has 64 heavy (non-hydrogen) atoms. The molecule has 0 bridgehead atoms. The molecule has 0 radical (unpaired) electrons. The maximum absolute atomic E-state index is 13.7. The molecule has 0 spiro atoms. The summed E-state index contributed by atoms with van der Waals surface area (Å²) >= 11 is 0. The molecule has 0 unspecified atom stereocenters.